The lowest BCUT2D eigenvalue weighted by atomic mass is 10.2. The van der Waals surface area contributed by atoms with E-state index in [0.29, 0.717) is 0 Å². The lowest BCUT2D eigenvalue weighted by Crippen LogP contribution is -2.44. The third kappa shape index (κ3) is 2.33. The molecule has 0 bridgehead atoms. The molecule has 0 atom stereocenters. The number of rotatable bonds is 2. The number of hydrogen-bond acceptors (Lipinski definition) is 6. The van der Waals surface area contributed by atoms with E-state index in [-0.39, 0.29) is 0 Å². The van der Waals surface area contributed by atoms with Crippen LogP contribution in [-0.2, 0) is 0 Å². The second kappa shape index (κ2) is 5.36. The first-order valence-corrected chi connectivity index (χ1v) is 8.78. The third-order valence-electron chi connectivity index (χ3n) is 3.94. The van der Waals surface area contributed by atoms with Crippen LogP contribution < -0.4 is 4.90 Å². The van der Waals surface area contributed by atoms with E-state index in [2.05, 4.69) is 49.7 Å². The number of likely N-dealkylation sites (N-methyl/N-ethyl adjacent to an activating group) is 1. The zero-order valence-corrected chi connectivity index (χ0v) is 13.5. The lowest BCUT2D eigenvalue weighted by molar-refractivity contribution is 0.312. The van der Waals surface area contributed by atoms with Crippen LogP contribution in [0.15, 0.2) is 29.2 Å². The van der Waals surface area contributed by atoms with E-state index in [4.69, 9.17) is 0 Å². The lowest BCUT2D eigenvalue weighted by Gasteiger charge is -2.33. The Morgan fingerprint density at radius 2 is 1.95 bits per heavy atom. The molecule has 0 saturated carbocycles. The van der Waals surface area contributed by atoms with Gasteiger partial charge in [-0.3, -0.25) is 0 Å². The molecule has 3 aromatic rings. The minimum absolute atomic E-state index is 1.03. The minimum atomic E-state index is 1.03. The quantitative estimate of drug-likeness (QED) is 0.727. The van der Waals surface area contributed by atoms with Crippen LogP contribution in [0.1, 0.15) is 0 Å². The second-order valence-electron chi connectivity index (χ2n) is 5.29. The van der Waals surface area contributed by atoms with E-state index in [1.54, 1.807) is 29.0 Å². The summed E-state index contributed by atoms with van der Waals surface area (Å²) in [4.78, 5) is 16.2. The van der Waals surface area contributed by atoms with Gasteiger partial charge in [0, 0.05) is 42.0 Å². The van der Waals surface area contributed by atoms with Gasteiger partial charge < -0.3 is 9.80 Å². The van der Waals surface area contributed by atoms with Gasteiger partial charge in [0.1, 0.15) is 17.0 Å². The zero-order valence-electron chi connectivity index (χ0n) is 11.8. The van der Waals surface area contributed by atoms with Crippen LogP contribution in [0.5, 0.6) is 0 Å². The van der Waals surface area contributed by atoms with Gasteiger partial charge in [0.2, 0.25) is 0 Å². The number of piperazine rings is 1. The summed E-state index contributed by atoms with van der Waals surface area (Å²) >= 11 is 3.48. The van der Waals surface area contributed by atoms with Gasteiger partial charge in [-0.2, -0.15) is 0 Å². The van der Waals surface area contributed by atoms with Crippen molar-refractivity contribution < 1.29 is 0 Å². The average Bonchev–Trinajstić information content (AvgIpc) is 3.16. The molecule has 1 aliphatic rings. The van der Waals surface area contributed by atoms with Gasteiger partial charge in [0.05, 0.1) is 5.39 Å². The molecule has 0 unspecified atom stereocenters. The molecule has 6 heteroatoms. The van der Waals surface area contributed by atoms with E-state index in [9.17, 15) is 0 Å². The SMILES string of the molecule is CN1CCN(c2ncnc3scc(-c4cccs4)c23)CC1. The van der Waals surface area contributed by atoms with Crippen molar-refractivity contribution in [3.63, 3.8) is 0 Å². The molecule has 0 spiro atoms. The zero-order chi connectivity index (χ0) is 14.2. The molecule has 108 valence electrons. The monoisotopic (exact) mass is 316 g/mol. The fourth-order valence-electron chi connectivity index (χ4n) is 2.73. The number of anilines is 1. The topological polar surface area (TPSA) is 32.3 Å². The highest BCUT2D eigenvalue weighted by atomic mass is 32.1. The maximum atomic E-state index is 4.61. The van der Waals surface area contributed by atoms with E-state index >= 15 is 0 Å². The Morgan fingerprint density at radius 1 is 1.10 bits per heavy atom. The molecular formula is C15H16N4S2. The molecule has 4 nitrogen and oxygen atoms in total. The van der Waals surface area contributed by atoms with Crippen LogP contribution in [0.4, 0.5) is 5.82 Å². The molecule has 4 heterocycles. The van der Waals surface area contributed by atoms with Crippen LogP contribution in [0, 0.1) is 0 Å². The first-order valence-electron chi connectivity index (χ1n) is 7.02. The molecule has 0 radical (unpaired) electrons. The van der Waals surface area contributed by atoms with Crippen molar-refractivity contribution in [2.45, 2.75) is 0 Å². The molecule has 0 aromatic carbocycles. The fourth-order valence-corrected chi connectivity index (χ4v) is 4.46. The smallest absolute Gasteiger partial charge is 0.141 e. The molecule has 3 aromatic heterocycles. The fraction of sp³-hybridized carbons (Fsp3) is 0.333. The van der Waals surface area contributed by atoms with Gasteiger partial charge in [-0.15, -0.1) is 22.7 Å². The Labute approximate surface area is 131 Å². The number of fused-ring (bicyclic) bond motifs is 1. The summed E-state index contributed by atoms with van der Waals surface area (Å²) in [6, 6.07) is 4.27. The van der Waals surface area contributed by atoms with Crippen molar-refractivity contribution in [1.29, 1.82) is 0 Å². The van der Waals surface area contributed by atoms with Crippen molar-refractivity contribution in [2.24, 2.45) is 0 Å². The van der Waals surface area contributed by atoms with E-state index in [0.717, 1.165) is 36.8 Å². The van der Waals surface area contributed by atoms with Crippen LogP contribution in [-0.4, -0.2) is 48.1 Å². The van der Waals surface area contributed by atoms with Crippen LogP contribution in [0.2, 0.25) is 0 Å². The molecule has 1 fully saturated rings. The number of aromatic nitrogens is 2. The minimum Gasteiger partial charge on any atom is -0.353 e. The second-order valence-corrected chi connectivity index (χ2v) is 7.10. The van der Waals surface area contributed by atoms with E-state index in [1.807, 2.05) is 0 Å². The molecule has 1 aliphatic heterocycles. The molecular weight excluding hydrogens is 300 g/mol. The number of hydrogen-bond donors (Lipinski definition) is 0. The maximum absolute atomic E-state index is 4.61. The predicted molar refractivity (Wildman–Crippen MR) is 90.4 cm³/mol. The van der Waals surface area contributed by atoms with Gasteiger partial charge >= 0.3 is 0 Å². The molecule has 4 rings (SSSR count). The normalized spacial score (nSPS) is 16.7. The highest BCUT2D eigenvalue weighted by molar-refractivity contribution is 7.18. The summed E-state index contributed by atoms with van der Waals surface area (Å²) in [6.07, 6.45) is 1.70. The number of thiophene rings is 2. The molecule has 21 heavy (non-hydrogen) atoms. The summed E-state index contributed by atoms with van der Waals surface area (Å²) in [7, 11) is 2.18. The molecule has 0 aliphatic carbocycles. The van der Waals surface area contributed by atoms with Crippen molar-refractivity contribution >= 4 is 38.7 Å². The van der Waals surface area contributed by atoms with Gasteiger partial charge in [0.15, 0.2) is 0 Å². The molecule has 1 saturated heterocycles. The number of nitrogens with zero attached hydrogens (tertiary/aromatic N) is 4. The largest absolute Gasteiger partial charge is 0.353 e. The molecule has 0 amide bonds. The van der Waals surface area contributed by atoms with Crippen molar-refractivity contribution in [1.82, 2.24) is 14.9 Å². The first kappa shape index (κ1) is 13.2. The highest BCUT2D eigenvalue weighted by Gasteiger charge is 2.21. The van der Waals surface area contributed by atoms with Crippen LogP contribution >= 0.6 is 22.7 Å². The Hall–Kier alpha value is -1.50. The third-order valence-corrected chi connectivity index (χ3v) is 5.73. The summed E-state index contributed by atoms with van der Waals surface area (Å²) in [5.74, 6) is 1.10. The Kier molecular flexibility index (Phi) is 3.37. The van der Waals surface area contributed by atoms with Crippen LogP contribution in [0.3, 0.4) is 0 Å². The Morgan fingerprint density at radius 3 is 2.71 bits per heavy atom. The van der Waals surface area contributed by atoms with Gasteiger partial charge in [-0.25, -0.2) is 9.97 Å². The standard InChI is InChI=1S/C15H16N4S2/c1-18-4-6-19(7-5-18)14-13-11(12-3-2-8-20-12)9-21-15(13)17-10-16-14/h2-3,8-10H,4-7H2,1H3. The van der Waals surface area contributed by atoms with E-state index < -0.39 is 0 Å². The van der Waals surface area contributed by atoms with Crippen molar-refractivity contribution in [3.05, 3.63) is 29.2 Å². The highest BCUT2D eigenvalue weighted by Crippen LogP contribution is 2.39. The summed E-state index contributed by atoms with van der Waals surface area (Å²) < 4.78 is 0. The summed E-state index contributed by atoms with van der Waals surface area (Å²) in [5, 5.41) is 5.55. The van der Waals surface area contributed by atoms with Gasteiger partial charge in [-0.05, 0) is 18.5 Å². The first-order chi connectivity index (χ1) is 10.3. The summed E-state index contributed by atoms with van der Waals surface area (Å²) in [5.41, 5.74) is 1.28. The van der Waals surface area contributed by atoms with Crippen LogP contribution in [0.25, 0.3) is 20.7 Å². The van der Waals surface area contributed by atoms with Crippen molar-refractivity contribution in [3.8, 4) is 10.4 Å². The summed E-state index contributed by atoms with van der Waals surface area (Å²) in [6.45, 7) is 4.23. The predicted octanol–water partition coefficient (Wildman–Crippen LogP) is 3.17. The van der Waals surface area contributed by atoms with E-state index in [1.165, 1.54) is 15.8 Å². The Balaban J connectivity index is 1.83. The Bertz CT molecular complexity index is 742. The van der Waals surface area contributed by atoms with Gasteiger partial charge in [0.25, 0.3) is 0 Å². The van der Waals surface area contributed by atoms with Crippen molar-refractivity contribution in [2.75, 3.05) is 38.1 Å². The average molecular weight is 316 g/mol. The maximum Gasteiger partial charge on any atom is 0.141 e. The van der Waals surface area contributed by atoms with Gasteiger partial charge in [-0.1, -0.05) is 6.07 Å². The molecule has 0 N–H and O–H groups in total.